The number of carbonyl (C=O) groups is 2. The molecule has 0 amide bonds. The molecular weight excluding hydrogens is 632 g/mol. The van der Waals surface area contributed by atoms with Gasteiger partial charge in [-0.2, -0.15) is 0 Å². The van der Waals surface area contributed by atoms with Gasteiger partial charge in [-0.3, -0.25) is 4.79 Å². The molecule has 17 nitrogen and oxygen atoms in total. The van der Waals surface area contributed by atoms with Crippen molar-refractivity contribution in [1.82, 2.24) is 0 Å². The van der Waals surface area contributed by atoms with Crippen LogP contribution in [0.1, 0.15) is 34.5 Å². The topological polar surface area (TPSA) is 286 Å². The fraction of sp³-hybridized carbons (Fsp3) is 0.267. The Balaban J connectivity index is 1.56. The molecule has 250 valence electrons. The molecule has 0 radical (unpaired) electrons. The van der Waals surface area contributed by atoms with Crippen LogP contribution in [-0.4, -0.2) is 105 Å². The number of phenolic OH excluding ortho intramolecular Hbond substituents is 8. The number of ether oxygens (including phenoxy) is 5. The minimum Gasteiger partial charge on any atom is -0.571 e. The Morgan fingerprint density at radius 1 is 0.809 bits per heavy atom. The first-order valence-corrected chi connectivity index (χ1v) is 13.6. The van der Waals surface area contributed by atoms with Crippen LogP contribution < -0.4 is 0 Å². The lowest BCUT2D eigenvalue weighted by Crippen LogP contribution is -2.60. The lowest BCUT2D eigenvalue weighted by Gasteiger charge is -2.42. The van der Waals surface area contributed by atoms with Gasteiger partial charge in [-0.25, -0.2) is 4.79 Å². The first-order chi connectivity index (χ1) is 22.1. The second kappa shape index (κ2) is 12.5. The van der Waals surface area contributed by atoms with Crippen LogP contribution in [0.15, 0.2) is 42.2 Å². The van der Waals surface area contributed by atoms with Crippen molar-refractivity contribution in [3.05, 3.63) is 58.8 Å². The molecule has 2 aliphatic rings. The zero-order valence-corrected chi connectivity index (χ0v) is 24.1. The number of fused-ring (bicyclic) bond motifs is 1. The molecule has 3 aromatic rings. The van der Waals surface area contributed by atoms with Crippen molar-refractivity contribution >= 4 is 18.0 Å². The number of aliphatic hydroxyl groups is 3. The maximum Gasteiger partial charge on any atom is 0.339 e. The highest BCUT2D eigenvalue weighted by atomic mass is 16.7. The summed E-state index contributed by atoms with van der Waals surface area (Å²) < 4.78 is 26.5. The number of aromatic hydroxyl groups is 9. The molecule has 2 heterocycles. The number of aliphatic hydroxyl groups excluding tert-OH is 2. The van der Waals surface area contributed by atoms with E-state index in [1.165, 1.54) is 12.1 Å². The summed E-state index contributed by atoms with van der Waals surface area (Å²) in [6.07, 6.45) is -9.16. The van der Waals surface area contributed by atoms with E-state index < -0.39 is 101 Å². The Bertz CT molecular complexity index is 1700. The molecule has 0 bridgehead atoms. The van der Waals surface area contributed by atoms with Gasteiger partial charge < -0.3 is 74.7 Å². The van der Waals surface area contributed by atoms with E-state index in [0.29, 0.717) is 0 Å². The van der Waals surface area contributed by atoms with Gasteiger partial charge in [0.2, 0.25) is 6.29 Å². The molecule has 1 fully saturated rings. The third kappa shape index (κ3) is 6.48. The fourth-order valence-corrected chi connectivity index (χ4v) is 4.92. The molecule has 5 rings (SSSR count). The maximum atomic E-state index is 13.1. The number of esters is 2. The SMILES string of the molecule is CC(=O)OCC1OC(OC2=Cc3c(O)cc(O)cc3[OH+]C2c2cc(O)c(O)c(O)c2)C(OC(=O)c2cc(O)c(O)c(O)c2)C(O)C1O. The quantitative estimate of drug-likeness (QED) is 0.0957. The van der Waals surface area contributed by atoms with Crippen molar-refractivity contribution in [3.63, 3.8) is 0 Å². The summed E-state index contributed by atoms with van der Waals surface area (Å²) in [5.41, 5.74) is -0.495. The van der Waals surface area contributed by atoms with Crippen molar-refractivity contribution in [2.24, 2.45) is 0 Å². The normalized spacial score (nSPS) is 23.5. The number of rotatable bonds is 7. The fourth-order valence-electron chi connectivity index (χ4n) is 4.92. The highest BCUT2D eigenvalue weighted by molar-refractivity contribution is 5.91. The van der Waals surface area contributed by atoms with E-state index in [1.54, 1.807) is 0 Å². The monoisotopic (exact) mass is 661 g/mol. The van der Waals surface area contributed by atoms with E-state index in [9.17, 15) is 60.7 Å². The van der Waals surface area contributed by atoms with Crippen LogP contribution in [0.5, 0.6) is 51.7 Å². The lowest BCUT2D eigenvalue weighted by atomic mass is 9.98. The van der Waals surface area contributed by atoms with Gasteiger partial charge >= 0.3 is 11.9 Å². The average molecular weight is 662 g/mol. The van der Waals surface area contributed by atoms with E-state index in [2.05, 4.69) is 4.74 Å². The van der Waals surface area contributed by atoms with Crippen molar-refractivity contribution in [2.75, 3.05) is 6.61 Å². The average Bonchev–Trinajstić information content (AvgIpc) is 3.00. The molecule has 6 unspecified atom stereocenters. The first kappa shape index (κ1) is 32.6. The van der Waals surface area contributed by atoms with Crippen LogP contribution >= 0.6 is 0 Å². The zero-order valence-electron chi connectivity index (χ0n) is 24.1. The van der Waals surface area contributed by atoms with E-state index in [4.69, 9.17) is 18.9 Å². The molecule has 17 heteroatoms. The predicted molar refractivity (Wildman–Crippen MR) is 153 cm³/mol. The minimum absolute atomic E-state index is 0.00558. The van der Waals surface area contributed by atoms with Gasteiger partial charge in [-0.15, -0.1) is 0 Å². The number of hydrogen-bond donors (Lipinski definition) is 10. The Morgan fingerprint density at radius 2 is 1.40 bits per heavy atom. The van der Waals surface area contributed by atoms with Crippen molar-refractivity contribution in [3.8, 4) is 51.7 Å². The van der Waals surface area contributed by atoms with E-state index in [1.807, 2.05) is 0 Å². The Hall–Kier alpha value is -5.78. The summed E-state index contributed by atoms with van der Waals surface area (Å²) in [4.78, 5) is 24.5. The van der Waals surface area contributed by atoms with E-state index >= 15 is 0 Å². The highest BCUT2D eigenvalue weighted by Gasteiger charge is 2.50. The molecule has 11 N–H and O–H groups in total. The summed E-state index contributed by atoms with van der Waals surface area (Å²) in [6.45, 7) is 0.485. The third-order valence-electron chi connectivity index (χ3n) is 7.25. The van der Waals surface area contributed by atoms with Gasteiger partial charge in [-0.1, -0.05) is 0 Å². The lowest BCUT2D eigenvalue weighted by molar-refractivity contribution is -0.295. The van der Waals surface area contributed by atoms with Gasteiger partial charge in [0.1, 0.15) is 42.0 Å². The largest absolute Gasteiger partial charge is 0.571 e. The van der Waals surface area contributed by atoms with Gasteiger partial charge in [0.05, 0.1) is 17.2 Å². The molecular formula is C30H29O17+. The Kier molecular flexibility index (Phi) is 8.70. The van der Waals surface area contributed by atoms with Gasteiger partial charge in [0.25, 0.3) is 11.9 Å². The Morgan fingerprint density at radius 3 is 2.00 bits per heavy atom. The Labute approximate surface area is 263 Å². The molecule has 47 heavy (non-hydrogen) atoms. The van der Waals surface area contributed by atoms with Gasteiger partial charge in [0.15, 0.2) is 46.4 Å². The molecule has 0 spiro atoms. The number of phenols is 8. The van der Waals surface area contributed by atoms with Crippen LogP contribution in [-0.2, 0) is 23.7 Å². The van der Waals surface area contributed by atoms with E-state index in [0.717, 1.165) is 37.3 Å². The van der Waals surface area contributed by atoms with Crippen LogP contribution in [0.4, 0.5) is 0 Å². The summed E-state index contributed by atoms with van der Waals surface area (Å²) in [5.74, 6) is -8.13. The van der Waals surface area contributed by atoms with Crippen molar-refractivity contribution in [1.29, 1.82) is 0 Å². The van der Waals surface area contributed by atoms with Crippen molar-refractivity contribution < 1.29 is 84.3 Å². The third-order valence-corrected chi connectivity index (χ3v) is 7.25. The molecule has 1 saturated heterocycles. The predicted octanol–water partition coefficient (Wildman–Crippen LogP) is 0.921. The van der Waals surface area contributed by atoms with Crippen LogP contribution in [0.3, 0.4) is 0 Å². The summed E-state index contributed by atoms with van der Waals surface area (Å²) in [6, 6.07) is 5.75. The number of hydrogen-bond acceptors (Lipinski definition) is 16. The standard InChI is InChI=1S/C30H28O17/c1-10(31)43-9-22-25(40)26(41)28(47-29(42)12-4-18(36)24(39)19(37)5-12)30(46-22)45-21-8-14-15(33)6-13(32)7-20(14)44-27(21)11-2-16(34)23(38)17(35)3-11/h2-8,22,25-28,30,32-41H,9H2,1H3/p+1. The van der Waals surface area contributed by atoms with Crippen LogP contribution in [0.25, 0.3) is 6.08 Å². The number of carbonyl (C=O) groups excluding carboxylic acids is 2. The summed E-state index contributed by atoms with van der Waals surface area (Å²) in [5, 5.41) is 102. The smallest absolute Gasteiger partial charge is 0.339 e. The minimum atomic E-state index is -1.99. The summed E-state index contributed by atoms with van der Waals surface area (Å²) in [7, 11) is 0. The zero-order chi connectivity index (χ0) is 34.3. The van der Waals surface area contributed by atoms with Crippen molar-refractivity contribution in [2.45, 2.75) is 43.7 Å². The second-order valence-corrected chi connectivity index (χ2v) is 10.6. The molecule has 6 atom stereocenters. The van der Waals surface area contributed by atoms with Gasteiger partial charge in [-0.05, 0) is 24.3 Å². The van der Waals surface area contributed by atoms with Crippen LogP contribution in [0, 0.1) is 0 Å². The molecule has 0 aromatic heterocycles. The first-order valence-electron chi connectivity index (χ1n) is 13.6. The van der Waals surface area contributed by atoms with Gasteiger partial charge in [0, 0.05) is 19.1 Å². The molecule has 2 aliphatic heterocycles. The number of benzene rings is 3. The van der Waals surface area contributed by atoms with Crippen LogP contribution in [0.2, 0.25) is 0 Å². The second-order valence-electron chi connectivity index (χ2n) is 10.6. The maximum absolute atomic E-state index is 13.1. The van der Waals surface area contributed by atoms with E-state index in [-0.39, 0.29) is 28.4 Å². The molecule has 0 saturated carbocycles. The highest BCUT2D eigenvalue weighted by Crippen LogP contribution is 2.48. The summed E-state index contributed by atoms with van der Waals surface area (Å²) >= 11 is 0. The molecule has 3 aromatic carbocycles. The molecule has 0 aliphatic carbocycles.